The third kappa shape index (κ3) is 3.50. The van der Waals surface area contributed by atoms with Crippen molar-refractivity contribution < 1.29 is 0 Å². The molecule has 0 amide bonds. The highest BCUT2D eigenvalue weighted by molar-refractivity contribution is 9.09. The smallest absolute Gasteiger partial charge is 0.0438 e. The second-order valence-corrected chi connectivity index (χ2v) is 6.26. The Balaban J connectivity index is 2.16. The van der Waals surface area contributed by atoms with Crippen molar-refractivity contribution in [3.05, 3.63) is 69.2 Å². The van der Waals surface area contributed by atoms with Gasteiger partial charge in [0.1, 0.15) is 0 Å². The molecule has 3 heteroatoms. The van der Waals surface area contributed by atoms with Gasteiger partial charge in [0.15, 0.2) is 0 Å². The van der Waals surface area contributed by atoms with Crippen LogP contribution >= 0.6 is 39.1 Å². The van der Waals surface area contributed by atoms with Crippen molar-refractivity contribution >= 4 is 39.1 Å². The van der Waals surface area contributed by atoms with Gasteiger partial charge in [-0.2, -0.15) is 0 Å². The Morgan fingerprint density at radius 1 is 1.11 bits per heavy atom. The van der Waals surface area contributed by atoms with Gasteiger partial charge in [-0.15, -0.1) is 0 Å². The van der Waals surface area contributed by atoms with Crippen LogP contribution in [0.3, 0.4) is 0 Å². The van der Waals surface area contributed by atoms with Crippen LogP contribution in [-0.2, 0) is 6.42 Å². The molecular weight excluding hydrogens is 331 g/mol. The van der Waals surface area contributed by atoms with Crippen molar-refractivity contribution in [2.75, 3.05) is 0 Å². The molecule has 2 aromatic carbocycles. The monoisotopic (exact) mass is 342 g/mol. The molecule has 0 heterocycles. The van der Waals surface area contributed by atoms with Gasteiger partial charge in [0.05, 0.1) is 0 Å². The van der Waals surface area contributed by atoms with Crippen molar-refractivity contribution in [2.24, 2.45) is 0 Å². The summed E-state index contributed by atoms with van der Waals surface area (Å²) in [6, 6.07) is 14.1. The highest BCUT2D eigenvalue weighted by Crippen LogP contribution is 2.30. The zero-order valence-corrected chi connectivity index (χ0v) is 13.1. The van der Waals surface area contributed by atoms with E-state index in [4.69, 9.17) is 23.2 Å². The molecule has 0 radical (unpaired) electrons. The summed E-state index contributed by atoms with van der Waals surface area (Å²) in [5, 5.41) is 1.58. The molecule has 0 nitrogen and oxygen atoms in total. The Labute approximate surface area is 126 Å². The van der Waals surface area contributed by atoms with E-state index in [9.17, 15) is 0 Å². The molecule has 94 valence electrons. The number of hydrogen-bond acceptors (Lipinski definition) is 0. The molecule has 0 aromatic heterocycles. The number of benzene rings is 2. The van der Waals surface area contributed by atoms with Gasteiger partial charge in [-0.1, -0.05) is 63.4 Å². The van der Waals surface area contributed by atoms with Gasteiger partial charge in [-0.25, -0.2) is 0 Å². The lowest BCUT2D eigenvalue weighted by molar-refractivity contribution is 0.948. The third-order valence-electron chi connectivity index (χ3n) is 2.86. The highest BCUT2D eigenvalue weighted by atomic mass is 79.9. The van der Waals surface area contributed by atoms with Gasteiger partial charge in [-0.05, 0) is 48.2 Å². The molecule has 0 N–H and O–H groups in total. The van der Waals surface area contributed by atoms with E-state index in [1.54, 1.807) is 0 Å². The normalized spacial score (nSPS) is 12.4. The molecule has 2 rings (SSSR count). The molecule has 0 fully saturated rings. The molecule has 0 saturated heterocycles. The second kappa shape index (κ2) is 6.10. The maximum atomic E-state index is 6.14. The third-order valence-corrected chi connectivity index (χ3v) is 4.36. The average molecular weight is 344 g/mol. The average Bonchev–Trinajstić information content (AvgIpc) is 2.32. The van der Waals surface area contributed by atoms with Crippen LogP contribution in [0.4, 0.5) is 0 Å². The maximum Gasteiger partial charge on any atom is 0.0438 e. The van der Waals surface area contributed by atoms with Crippen molar-refractivity contribution in [3.63, 3.8) is 0 Å². The van der Waals surface area contributed by atoms with Crippen LogP contribution in [0.1, 0.15) is 21.5 Å². The fourth-order valence-corrected chi connectivity index (χ4v) is 2.85. The Kier molecular flexibility index (Phi) is 4.71. The van der Waals surface area contributed by atoms with Crippen LogP contribution in [0.2, 0.25) is 10.0 Å². The van der Waals surface area contributed by atoms with Gasteiger partial charge < -0.3 is 0 Å². The number of rotatable bonds is 3. The summed E-state index contributed by atoms with van der Waals surface area (Å²) in [5.74, 6) is 0. The first-order valence-corrected chi connectivity index (χ1v) is 7.38. The largest absolute Gasteiger partial charge is 0.0843 e. The molecule has 0 aliphatic heterocycles. The summed E-state index contributed by atoms with van der Waals surface area (Å²) >= 11 is 15.8. The molecule has 0 aliphatic rings. The summed E-state index contributed by atoms with van der Waals surface area (Å²) in [7, 11) is 0. The van der Waals surface area contributed by atoms with Crippen LogP contribution in [0.5, 0.6) is 0 Å². The molecule has 18 heavy (non-hydrogen) atoms. The first-order valence-electron chi connectivity index (χ1n) is 5.71. The highest BCUT2D eigenvalue weighted by Gasteiger charge is 2.10. The van der Waals surface area contributed by atoms with Crippen LogP contribution in [0.15, 0.2) is 42.5 Å². The summed E-state index contributed by atoms with van der Waals surface area (Å²) < 4.78 is 0. The topological polar surface area (TPSA) is 0 Å². The molecule has 1 atom stereocenters. The number of hydrogen-bond donors (Lipinski definition) is 0. The Bertz CT molecular complexity index is 552. The Morgan fingerprint density at radius 3 is 2.56 bits per heavy atom. The number of aryl methyl sites for hydroxylation is 1. The minimum absolute atomic E-state index is 0.245. The van der Waals surface area contributed by atoms with Gasteiger partial charge in [0, 0.05) is 14.9 Å². The van der Waals surface area contributed by atoms with Gasteiger partial charge >= 0.3 is 0 Å². The fraction of sp³-hybridized carbons (Fsp3) is 0.200. The van der Waals surface area contributed by atoms with E-state index in [1.165, 1.54) is 11.1 Å². The summed E-state index contributed by atoms with van der Waals surface area (Å²) in [6.07, 6.45) is 0.889. The van der Waals surface area contributed by atoms with E-state index in [-0.39, 0.29) is 4.83 Å². The lowest BCUT2D eigenvalue weighted by Gasteiger charge is -2.12. The molecule has 0 aliphatic carbocycles. The van der Waals surface area contributed by atoms with Crippen LogP contribution in [0.25, 0.3) is 0 Å². The fourth-order valence-electron chi connectivity index (χ4n) is 1.79. The first-order chi connectivity index (χ1) is 8.56. The predicted molar refractivity (Wildman–Crippen MR) is 83.0 cm³/mol. The molecule has 0 saturated carbocycles. The quantitative estimate of drug-likeness (QED) is 0.601. The van der Waals surface area contributed by atoms with Gasteiger partial charge in [-0.3, -0.25) is 0 Å². The van der Waals surface area contributed by atoms with E-state index < -0.39 is 0 Å². The zero-order chi connectivity index (χ0) is 13.1. The van der Waals surface area contributed by atoms with E-state index in [0.29, 0.717) is 0 Å². The number of alkyl halides is 1. The number of halogens is 3. The second-order valence-electron chi connectivity index (χ2n) is 4.31. The minimum atomic E-state index is 0.245. The van der Waals surface area contributed by atoms with Gasteiger partial charge in [0.25, 0.3) is 0 Å². The molecule has 1 unspecified atom stereocenters. The summed E-state index contributed by atoms with van der Waals surface area (Å²) in [4.78, 5) is 0.245. The zero-order valence-electron chi connectivity index (χ0n) is 9.96. The van der Waals surface area contributed by atoms with Crippen molar-refractivity contribution in [3.8, 4) is 0 Å². The van der Waals surface area contributed by atoms with Crippen molar-refractivity contribution in [1.82, 2.24) is 0 Å². The Hall–Kier alpha value is -0.500. The van der Waals surface area contributed by atoms with Gasteiger partial charge in [0.2, 0.25) is 0 Å². The SMILES string of the molecule is Cc1ccc(C(Br)Cc2cccc(Cl)c2)cc1Cl. The van der Waals surface area contributed by atoms with E-state index in [0.717, 1.165) is 22.0 Å². The Morgan fingerprint density at radius 2 is 1.89 bits per heavy atom. The van der Waals surface area contributed by atoms with Crippen molar-refractivity contribution in [2.45, 2.75) is 18.2 Å². The molecular formula is C15H13BrCl2. The van der Waals surface area contributed by atoms with Crippen molar-refractivity contribution in [1.29, 1.82) is 0 Å². The standard InChI is InChI=1S/C15H13BrCl2/c1-10-5-6-12(9-15(10)18)14(16)8-11-3-2-4-13(17)7-11/h2-7,9,14H,8H2,1H3. The maximum absolute atomic E-state index is 6.14. The van der Waals surface area contributed by atoms with E-state index in [1.807, 2.05) is 37.3 Å². The first kappa shape index (κ1) is 13.9. The predicted octanol–water partition coefficient (Wildman–Crippen LogP) is 5.98. The molecule has 2 aromatic rings. The minimum Gasteiger partial charge on any atom is -0.0843 e. The van der Waals surface area contributed by atoms with Crippen LogP contribution in [-0.4, -0.2) is 0 Å². The summed E-state index contributed by atoms with van der Waals surface area (Å²) in [5.41, 5.74) is 3.49. The van der Waals surface area contributed by atoms with E-state index >= 15 is 0 Å². The lowest BCUT2D eigenvalue weighted by Crippen LogP contribution is -1.96. The van der Waals surface area contributed by atoms with Crippen LogP contribution < -0.4 is 0 Å². The summed E-state index contributed by atoms with van der Waals surface area (Å²) in [6.45, 7) is 2.01. The molecule has 0 bridgehead atoms. The molecule has 0 spiro atoms. The van der Waals surface area contributed by atoms with E-state index in [2.05, 4.69) is 28.1 Å². The lowest BCUT2D eigenvalue weighted by atomic mass is 10.0. The van der Waals surface area contributed by atoms with Crippen LogP contribution in [0, 0.1) is 6.92 Å².